The number of amides is 2. The molecule has 7 nitrogen and oxygen atoms in total. The number of nitriles is 1. The van der Waals surface area contributed by atoms with Crippen LogP contribution in [0.25, 0.3) is 0 Å². The first kappa shape index (κ1) is 14.7. The largest absolute Gasteiger partial charge is 0.447 e. The molecular formula is C17H15N3O4. The minimum Gasteiger partial charge on any atom is -0.447 e. The molecule has 0 aromatic heterocycles. The van der Waals surface area contributed by atoms with Crippen molar-refractivity contribution >= 4 is 23.5 Å². The molecule has 3 aliphatic rings. The van der Waals surface area contributed by atoms with Gasteiger partial charge in [-0.2, -0.15) is 5.26 Å². The lowest BCUT2D eigenvalue weighted by molar-refractivity contribution is -0.156. The summed E-state index contributed by atoms with van der Waals surface area (Å²) >= 11 is 0. The Bertz CT molecular complexity index is 795. The van der Waals surface area contributed by atoms with Crippen LogP contribution in [0.4, 0.5) is 5.69 Å². The molecule has 7 heteroatoms. The number of fused-ring (bicyclic) bond motifs is 3. The fourth-order valence-electron chi connectivity index (χ4n) is 3.73. The molecule has 0 radical (unpaired) electrons. The molecule has 1 saturated carbocycles. The molecule has 1 aromatic carbocycles. The number of esters is 1. The van der Waals surface area contributed by atoms with Gasteiger partial charge in [0.25, 0.3) is 5.91 Å². The Morgan fingerprint density at radius 2 is 2.08 bits per heavy atom. The minimum atomic E-state index is -1.46. The van der Waals surface area contributed by atoms with E-state index in [-0.39, 0.29) is 30.7 Å². The van der Waals surface area contributed by atoms with Crippen LogP contribution in [-0.2, 0) is 14.3 Å². The van der Waals surface area contributed by atoms with E-state index in [1.165, 1.54) is 9.80 Å². The van der Waals surface area contributed by atoms with Gasteiger partial charge in [0.05, 0.1) is 11.3 Å². The molecule has 0 spiro atoms. The van der Waals surface area contributed by atoms with Gasteiger partial charge in [0.1, 0.15) is 6.07 Å². The predicted octanol–water partition coefficient (Wildman–Crippen LogP) is 1.19. The van der Waals surface area contributed by atoms with Crippen LogP contribution in [0.1, 0.15) is 36.0 Å². The monoisotopic (exact) mass is 325 g/mol. The summed E-state index contributed by atoms with van der Waals surface area (Å²) in [7, 11) is 0. The normalized spacial score (nSPS) is 25.1. The number of ether oxygens (including phenoxy) is 1. The lowest BCUT2D eigenvalue weighted by Gasteiger charge is -2.48. The van der Waals surface area contributed by atoms with Crippen LogP contribution >= 0.6 is 0 Å². The van der Waals surface area contributed by atoms with Crippen LogP contribution in [0.2, 0.25) is 0 Å². The van der Waals surface area contributed by atoms with Crippen LogP contribution in [0.15, 0.2) is 24.3 Å². The fraction of sp³-hybridized carbons (Fsp3) is 0.412. The molecule has 1 atom stereocenters. The van der Waals surface area contributed by atoms with Crippen molar-refractivity contribution in [2.24, 2.45) is 0 Å². The maximum Gasteiger partial charge on any atom is 0.354 e. The summed E-state index contributed by atoms with van der Waals surface area (Å²) in [5.41, 5.74) is -0.597. The minimum absolute atomic E-state index is 0.0751. The molecular weight excluding hydrogens is 310 g/mol. The summed E-state index contributed by atoms with van der Waals surface area (Å²) in [5, 5.41) is 8.71. The highest BCUT2D eigenvalue weighted by Gasteiger charge is 2.64. The molecule has 0 bridgehead atoms. The van der Waals surface area contributed by atoms with Crippen molar-refractivity contribution in [2.45, 2.75) is 37.4 Å². The van der Waals surface area contributed by atoms with E-state index in [2.05, 4.69) is 0 Å². The van der Waals surface area contributed by atoms with Gasteiger partial charge in [-0.25, -0.2) is 4.79 Å². The summed E-state index contributed by atoms with van der Waals surface area (Å²) in [4.78, 5) is 41.4. The van der Waals surface area contributed by atoms with E-state index in [0.29, 0.717) is 11.3 Å². The molecule has 2 aliphatic heterocycles. The summed E-state index contributed by atoms with van der Waals surface area (Å²) < 4.78 is 5.07. The Kier molecular flexibility index (Phi) is 3.10. The summed E-state index contributed by atoms with van der Waals surface area (Å²) in [6, 6.07) is 8.51. The van der Waals surface area contributed by atoms with Crippen LogP contribution in [-0.4, -0.2) is 41.0 Å². The van der Waals surface area contributed by atoms with Crippen LogP contribution in [0.3, 0.4) is 0 Å². The van der Waals surface area contributed by atoms with Crippen molar-refractivity contribution in [1.82, 2.24) is 4.90 Å². The fourth-order valence-corrected chi connectivity index (χ4v) is 3.73. The van der Waals surface area contributed by atoms with Gasteiger partial charge in [0.2, 0.25) is 11.6 Å². The highest BCUT2D eigenvalue weighted by Crippen LogP contribution is 2.49. The van der Waals surface area contributed by atoms with Gasteiger partial charge in [-0.3, -0.25) is 14.5 Å². The van der Waals surface area contributed by atoms with Gasteiger partial charge in [-0.1, -0.05) is 12.1 Å². The number of nitrogens with zero attached hydrogens (tertiary/aromatic N) is 3. The second-order valence-electron chi connectivity index (χ2n) is 6.20. The Balaban J connectivity index is 1.91. The van der Waals surface area contributed by atoms with Gasteiger partial charge in [0.15, 0.2) is 6.61 Å². The van der Waals surface area contributed by atoms with E-state index in [4.69, 9.17) is 10.00 Å². The number of hydrogen-bond donors (Lipinski definition) is 0. The highest BCUT2D eigenvalue weighted by atomic mass is 16.5. The Hall–Kier alpha value is -2.88. The molecule has 1 saturated heterocycles. The van der Waals surface area contributed by atoms with Crippen molar-refractivity contribution in [3.63, 3.8) is 0 Å². The second kappa shape index (κ2) is 5.06. The zero-order valence-corrected chi connectivity index (χ0v) is 12.9. The van der Waals surface area contributed by atoms with Crippen molar-refractivity contribution < 1.29 is 19.1 Å². The topological polar surface area (TPSA) is 90.7 Å². The van der Waals surface area contributed by atoms with Gasteiger partial charge in [0, 0.05) is 18.9 Å². The average Bonchev–Trinajstić information content (AvgIpc) is 3.36. The van der Waals surface area contributed by atoms with Crippen LogP contribution in [0, 0.1) is 11.3 Å². The molecule has 122 valence electrons. The van der Waals surface area contributed by atoms with Gasteiger partial charge in [-0.15, -0.1) is 0 Å². The first-order valence-corrected chi connectivity index (χ1v) is 7.91. The van der Waals surface area contributed by atoms with E-state index in [1.807, 2.05) is 0 Å². The molecule has 0 unspecified atom stereocenters. The van der Waals surface area contributed by atoms with Crippen LogP contribution < -0.4 is 4.90 Å². The first-order chi connectivity index (χ1) is 11.6. The van der Waals surface area contributed by atoms with Crippen LogP contribution in [0.5, 0.6) is 0 Å². The molecule has 2 heterocycles. The molecule has 2 fully saturated rings. The highest BCUT2D eigenvalue weighted by molar-refractivity contribution is 6.15. The average molecular weight is 325 g/mol. The number of carbonyl (C=O) groups is 3. The number of rotatable bonds is 3. The van der Waals surface area contributed by atoms with Crippen molar-refractivity contribution in [2.75, 3.05) is 11.5 Å². The quantitative estimate of drug-likeness (QED) is 0.779. The third-order valence-electron chi connectivity index (χ3n) is 4.81. The van der Waals surface area contributed by atoms with Crippen molar-refractivity contribution in [1.29, 1.82) is 5.26 Å². The lowest BCUT2D eigenvalue weighted by Crippen LogP contribution is -2.69. The van der Waals surface area contributed by atoms with E-state index in [9.17, 15) is 14.4 Å². The molecule has 2 amide bonds. The standard InChI is InChI=1S/C17H15N3O4/c18-9-10-24-16(23)17-8-7-14(21)20(17)13-4-2-1-3-12(13)15(22)19(17)11-5-6-11/h1-4,11H,5-8,10H2/t17-/m1/s1. The zero-order valence-electron chi connectivity index (χ0n) is 12.9. The van der Waals surface area contributed by atoms with Gasteiger partial charge < -0.3 is 9.64 Å². The van der Waals surface area contributed by atoms with Gasteiger partial charge in [-0.05, 0) is 25.0 Å². The SMILES string of the molecule is N#CCOC(=O)[C@@]12CCC(=O)N1c1ccccc1C(=O)N2C1CC1. The molecule has 4 rings (SSSR count). The third kappa shape index (κ3) is 1.80. The Morgan fingerprint density at radius 3 is 2.79 bits per heavy atom. The smallest absolute Gasteiger partial charge is 0.354 e. The van der Waals surface area contributed by atoms with E-state index < -0.39 is 18.2 Å². The molecule has 1 aromatic rings. The maximum atomic E-state index is 13.0. The summed E-state index contributed by atoms with van der Waals surface area (Å²) in [6.45, 7) is -0.406. The van der Waals surface area contributed by atoms with Crippen molar-refractivity contribution in [3.8, 4) is 6.07 Å². The van der Waals surface area contributed by atoms with Gasteiger partial charge >= 0.3 is 5.97 Å². The molecule has 1 aliphatic carbocycles. The van der Waals surface area contributed by atoms with Crippen molar-refractivity contribution in [3.05, 3.63) is 29.8 Å². The predicted molar refractivity (Wildman–Crippen MR) is 81.7 cm³/mol. The number of anilines is 1. The number of hydrogen-bond acceptors (Lipinski definition) is 5. The Morgan fingerprint density at radius 1 is 1.33 bits per heavy atom. The van der Waals surface area contributed by atoms with E-state index >= 15 is 0 Å². The Labute approximate surface area is 138 Å². The first-order valence-electron chi connectivity index (χ1n) is 7.91. The molecule has 0 N–H and O–H groups in total. The summed E-state index contributed by atoms with van der Waals surface area (Å²) in [5.74, 6) is -1.17. The van der Waals surface area contributed by atoms with E-state index in [0.717, 1.165) is 12.8 Å². The lowest BCUT2D eigenvalue weighted by atomic mass is 9.96. The number of para-hydroxylation sites is 1. The number of benzene rings is 1. The summed E-state index contributed by atoms with van der Waals surface area (Å²) in [6.07, 6.45) is 1.94. The zero-order chi connectivity index (χ0) is 16.9. The second-order valence-corrected chi connectivity index (χ2v) is 6.20. The van der Waals surface area contributed by atoms with E-state index in [1.54, 1.807) is 30.3 Å². The number of carbonyl (C=O) groups excluding carboxylic acids is 3. The maximum absolute atomic E-state index is 13.0. The third-order valence-corrected chi connectivity index (χ3v) is 4.81. The molecule has 24 heavy (non-hydrogen) atoms.